The van der Waals surface area contributed by atoms with E-state index in [1.54, 1.807) is 4.88 Å². The van der Waals surface area contributed by atoms with Gasteiger partial charge in [-0.05, 0) is 41.5 Å². The molecule has 0 atom stereocenters. The molecule has 1 nitrogen and oxygen atoms in total. The fraction of sp³-hybridized carbons (Fsp3) is 0.474. The first-order chi connectivity index (χ1) is 10.3. The predicted octanol–water partition coefficient (Wildman–Crippen LogP) is 4.80. The maximum Gasteiger partial charge on any atom is 0.0276 e. The summed E-state index contributed by atoms with van der Waals surface area (Å²) < 4.78 is 0. The number of hydrogen-bond acceptors (Lipinski definition) is 2. The van der Waals surface area contributed by atoms with E-state index in [1.807, 2.05) is 25.2 Å². The standard InChI is InChI=1S/C17H19NS.C2H6/c1-14-6-4-2-3-5-7-15(14)12-18-10-8-17-16(13-18)9-11-19-17;1-2/h6-7,9,11H,4-5,8,10,12-13H2,1H3;1-2H3/b14-6-,15-7-;. The molecule has 0 radical (unpaired) electrons. The molecule has 0 N–H and O–H groups in total. The summed E-state index contributed by atoms with van der Waals surface area (Å²) in [6.45, 7) is 9.58. The minimum atomic E-state index is 0.901. The Hall–Kier alpha value is -1.30. The number of thiophene rings is 1. The maximum atomic E-state index is 3.20. The monoisotopic (exact) mass is 299 g/mol. The molecule has 2 heterocycles. The summed E-state index contributed by atoms with van der Waals surface area (Å²) >= 11 is 1.91. The van der Waals surface area contributed by atoms with Gasteiger partial charge in [-0.2, -0.15) is 0 Å². The molecular weight excluding hydrogens is 274 g/mol. The SMILES string of the molecule is CC.CC1=C/CC#CC/C=C\1CN1CCc2sccc2C1. The number of nitrogens with zero attached hydrogens (tertiary/aromatic N) is 1. The van der Waals surface area contributed by atoms with Crippen molar-refractivity contribution < 1.29 is 0 Å². The molecule has 21 heavy (non-hydrogen) atoms. The average Bonchev–Trinajstić information content (AvgIpc) is 2.97. The Morgan fingerprint density at radius 1 is 1.19 bits per heavy atom. The number of rotatable bonds is 2. The normalized spacial score (nSPS) is 22.8. The second-order valence-corrected chi connectivity index (χ2v) is 6.21. The van der Waals surface area contributed by atoms with Crippen LogP contribution in [0.15, 0.2) is 34.7 Å². The Bertz CT molecular complexity index is 580. The first kappa shape index (κ1) is 16.1. The molecule has 3 rings (SSSR count). The van der Waals surface area contributed by atoms with Gasteiger partial charge in [-0.3, -0.25) is 4.90 Å². The second-order valence-electron chi connectivity index (χ2n) is 5.21. The van der Waals surface area contributed by atoms with Crippen LogP contribution in [0.2, 0.25) is 0 Å². The van der Waals surface area contributed by atoms with Crippen molar-refractivity contribution in [1.82, 2.24) is 4.90 Å². The molecule has 2 aliphatic rings. The van der Waals surface area contributed by atoms with E-state index < -0.39 is 0 Å². The molecule has 1 aromatic heterocycles. The molecule has 0 fully saturated rings. The third kappa shape index (κ3) is 4.33. The molecule has 1 aliphatic carbocycles. The van der Waals surface area contributed by atoms with Crippen LogP contribution >= 0.6 is 11.3 Å². The third-order valence-corrected chi connectivity index (χ3v) is 4.90. The van der Waals surface area contributed by atoms with Crippen molar-refractivity contribution in [2.75, 3.05) is 13.1 Å². The first-order valence-corrected chi connectivity index (χ1v) is 8.80. The fourth-order valence-corrected chi connectivity index (χ4v) is 3.58. The zero-order chi connectivity index (χ0) is 15.1. The molecule has 0 bridgehead atoms. The predicted molar refractivity (Wildman–Crippen MR) is 93.5 cm³/mol. The number of hydrogen-bond donors (Lipinski definition) is 0. The van der Waals surface area contributed by atoms with Crippen LogP contribution in [-0.4, -0.2) is 18.0 Å². The summed E-state index contributed by atoms with van der Waals surface area (Å²) in [7, 11) is 0. The minimum Gasteiger partial charge on any atom is -0.294 e. The lowest BCUT2D eigenvalue weighted by atomic mass is 10.0. The van der Waals surface area contributed by atoms with Crippen LogP contribution in [0.3, 0.4) is 0 Å². The summed E-state index contributed by atoms with van der Waals surface area (Å²) in [6.07, 6.45) is 7.58. The zero-order valence-electron chi connectivity index (χ0n) is 13.4. The lowest BCUT2D eigenvalue weighted by molar-refractivity contribution is 0.279. The van der Waals surface area contributed by atoms with Crippen molar-refractivity contribution in [3.05, 3.63) is 45.2 Å². The lowest BCUT2D eigenvalue weighted by Crippen LogP contribution is -2.31. The van der Waals surface area contributed by atoms with Gasteiger partial charge in [0.25, 0.3) is 0 Å². The van der Waals surface area contributed by atoms with Crippen molar-refractivity contribution >= 4 is 11.3 Å². The fourth-order valence-electron chi connectivity index (χ4n) is 2.69. The van der Waals surface area contributed by atoms with Gasteiger partial charge in [0.1, 0.15) is 0 Å². The van der Waals surface area contributed by atoms with Gasteiger partial charge in [0.2, 0.25) is 0 Å². The van der Waals surface area contributed by atoms with Crippen LogP contribution in [-0.2, 0) is 13.0 Å². The van der Waals surface area contributed by atoms with Gasteiger partial charge in [-0.15, -0.1) is 11.3 Å². The number of fused-ring (bicyclic) bond motifs is 1. The van der Waals surface area contributed by atoms with Gasteiger partial charge in [0.05, 0.1) is 0 Å². The summed E-state index contributed by atoms with van der Waals surface area (Å²) in [5.74, 6) is 6.37. The molecular formula is C19H25NS. The molecule has 112 valence electrons. The summed E-state index contributed by atoms with van der Waals surface area (Å²) in [6, 6.07) is 2.28. The highest BCUT2D eigenvalue weighted by molar-refractivity contribution is 7.10. The molecule has 0 spiro atoms. The molecule has 1 aromatic rings. The third-order valence-electron chi connectivity index (χ3n) is 3.87. The van der Waals surface area contributed by atoms with Crippen LogP contribution in [0.4, 0.5) is 0 Å². The van der Waals surface area contributed by atoms with E-state index >= 15 is 0 Å². The highest BCUT2D eigenvalue weighted by Crippen LogP contribution is 2.25. The Kier molecular flexibility index (Phi) is 6.29. The van der Waals surface area contributed by atoms with Crippen molar-refractivity contribution in [2.45, 2.75) is 46.6 Å². The Morgan fingerprint density at radius 2 is 1.95 bits per heavy atom. The van der Waals surface area contributed by atoms with Crippen LogP contribution in [0.5, 0.6) is 0 Å². The summed E-state index contributed by atoms with van der Waals surface area (Å²) in [4.78, 5) is 4.15. The van der Waals surface area contributed by atoms with E-state index in [-0.39, 0.29) is 0 Å². The van der Waals surface area contributed by atoms with Gasteiger partial charge >= 0.3 is 0 Å². The Balaban J connectivity index is 0.000000774. The van der Waals surface area contributed by atoms with Gasteiger partial charge in [0.15, 0.2) is 0 Å². The lowest BCUT2D eigenvalue weighted by Gasteiger charge is -2.28. The topological polar surface area (TPSA) is 3.24 Å². The van der Waals surface area contributed by atoms with Crippen molar-refractivity contribution in [3.8, 4) is 11.8 Å². The molecule has 0 saturated heterocycles. The van der Waals surface area contributed by atoms with E-state index in [4.69, 9.17) is 0 Å². The smallest absolute Gasteiger partial charge is 0.0276 e. The molecule has 2 heteroatoms. The first-order valence-electron chi connectivity index (χ1n) is 7.92. The van der Waals surface area contributed by atoms with Crippen molar-refractivity contribution in [1.29, 1.82) is 0 Å². The van der Waals surface area contributed by atoms with E-state index in [1.165, 1.54) is 29.7 Å². The van der Waals surface area contributed by atoms with E-state index in [0.29, 0.717) is 0 Å². The van der Waals surface area contributed by atoms with Crippen LogP contribution < -0.4 is 0 Å². The van der Waals surface area contributed by atoms with Gasteiger partial charge in [-0.25, -0.2) is 0 Å². The number of allylic oxidation sites excluding steroid dienone is 2. The van der Waals surface area contributed by atoms with Crippen molar-refractivity contribution in [3.63, 3.8) is 0 Å². The van der Waals surface area contributed by atoms with Gasteiger partial charge < -0.3 is 0 Å². The Labute approximate surface area is 133 Å². The van der Waals surface area contributed by atoms with Crippen LogP contribution in [0.25, 0.3) is 0 Å². The molecule has 0 unspecified atom stereocenters. The highest BCUT2D eigenvalue weighted by Gasteiger charge is 2.18. The minimum absolute atomic E-state index is 0.901. The van der Waals surface area contributed by atoms with E-state index in [9.17, 15) is 0 Å². The van der Waals surface area contributed by atoms with E-state index in [2.05, 4.69) is 47.3 Å². The average molecular weight is 299 g/mol. The summed E-state index contributed by atoms with van der Waals surface area (Å²) in [5.41, 5.74) is 4.40. The molecule has 0 aromatic carbocycles. The van der Waals surface area contributed by atoms with Gasteiger partial charge in [-0.1, -0.05) is 37.8 Å². The van der Waals surface area contributed by atoms with Crippen molar-refractivity contribution in [2.24, 2.45) is 0 Å². The van der Waals surface area contributed by atoms with E-state index in [0.717, 1.165) is 25.9 Å². The maximum absolute atomic E-state index is 3.20. The quantitative estimate of drug-likeness (QED) is 0.709. The Morgan fingerprint density at radius 3 is 2.76 bits per heavy atom. The molecule has 0 saturated carbocycles. The van der Waals surface area contributed by atoms with Gasteiger partial charge in [0, 0.05) is 37.4 Å². The molecule has 1 aliphatic heterocycles. The van der Waals surface area contributed by atoms with Crippen LogP contribution in [0.1, 0.15) is 44.1 Å². The molecule has 0 amide bonds. The summed E-state index contributed by atoms with van der Waals surface area (Å²) in [5, 5.41) is 2.23. The zero-order valence-corrected chi connectivity index (χ0v) is 14.2. The largest absolute Gasteiger partial charge is 0.294 e. The highest BCUT2D eigenvalue weighted by atomic mass is 32.1. The second kappa shape index (κ2) is 8.22. The van der Waals surface area contributed by atoms with Crippen LogP contribution in [0, 0.1) is 11.8 Å².